The summed E-state index contributed by atoms with van der Waals surface area (Å²) in [6.07, 6.45) is 0.623. The lowest BCUT2D eigenvalue weighted by Crippen LogP contribution is -2.45. The van der Waals surface area contributed by atoms with E-state index < -0.39 is 30.3 Å². The fourth-order valence-electron chi connectivity index (χ4n) is 2.63. The first-order chi connectivity index (χ1) is 13.7. The quantitative estimate of drug-likeness (QED) is 0.471. The minimum absolute atomic E-state index is 0.0455. The molecular weight excluding hydrogens is 461 g/mol. The molecule has 29 heavy (non-hydrogen) atoms. The summed E-state index contributed by atoms with van der Waals surface area (Å²) >= 11 is 18.3. The normalized spacial score (nSPS) is 16.5. The number of nitrogens with zero attached hydrogens (tertiary/aromatic N) is 1. The van der Waals surface area contributed by atoms with Crippen LogP contribution in [0.2, 0.25) is 10.0 Å². The van der Waals surface area contributed by atoms with Crippen molar-refractivity contribution >= 4 is 75.4 Å². The fourth-order valence-corrected chi connectivity index (χ4v) is 4.55. The predicted octanol–water partition coefficient (Wildman–Crippen LogP) is 4.38. The molecule has 2 heterocycles. The molecule has 0 bridgehead atoms. The van der Waals surface area contributed by atoms with Crippen LogP contribution in [0, 0.1) is 0 Å². The molecule has 0 aliphatic carbocycles. The van der Waals surface area contributed by atoms with Gasteiger partial charge < -0.3 is 14.6 Å². The number of aliphatic carboxylic acids is 2. The van der Waals surface area contributed by atoms with Crippen molar-refractivity contribution in [3.05, 3.63) is 51.0 Å². The van der Waals surface area contributed by atoms with Crippen LogP contribution in [0.15, 0.2) is 39.7 Å². The second-order valence-electron chi connectivity index (χ2n) is 5.80. The number of rotatable bonds is 6. The molecule has 150 valence electrons. The highest BCUT2D eigenvalue weighted by atomic mass is 35.5. The van der Waals surface area contributed by atoms with Crippen molar-refractivity contribution in [2.24, 2.45) is 0 Å². The highest BCUT2D eigenvalue weighted by Crippen LogP contribution is 2.38. The van der Waals surface area contributed by atoms with Crippen LogP contribution in [0.1, 0.15) is 12.2 Å². The number of hydrogen-bond donors (Lipinski definition) is 2. The van der Waals surface area contributed by atoms with Gasteiger partial charge in [-0.25, -0.2) is 4.79 Å². The molecule has 1 fully saturated rings. The molecular formula is C18H11Cl2NO6S2. The maximum atomic E-state index is 12.6. The van der Waals surface area contributed by atoms with Crippen LogP contribution in [-0.4, -0.2) is 43.3 Å². The lowest BCUT2D eigenvalue weighted by Gasteiger charge is -2.21. The van der Waals surface area contributed by atoms with Crippen LogP contribution < -0.4 is 0 Å². The Labute approximate surface area is 183 Å². The van der Waals surface area contributed by atoms with Crippen LogP contribution >= 0.6 is 47.2 Å². The van der Waals surface area contributed by atoms with Gasteiger partial charge in [-0.1, -0.05) is 53.2 Å². The zero-order chi connectivity index (χ0) is 21.3. The molecule has 2 aromatic rings. The Morgan fingerprint density at radius 2 is 1.86 bits per heavy atom. The third-order valence-corrected chi connectivity index (χ3v) is 5.86. The second-order valence-corrected chi connectivity index (χ2v) is 8.29. The van der Waals surface area contributed by atoms with Crippen LogP contribution in [0.4, 0.5) is 0 Å². The van der Waals surface area contributed by atoms with Crippen LogP contribution in [0.5, 0.6) is 0 Å². The maximum absolute atomic E-state index is 12.6. The summed E-state index contributed by atoms with van der Waals surface area (Å²) < 4.78 is 5.66. The van der Waals surface area contributed by atoms with Gasteiger partial charge in [-0.05, 0) is 24.3 Å². The molecule has 0 spiro atoms. The van der Waals surface area contributed by atoms with E-state index in [4.69, 9.17) is 44.9 Å². The highest BCUT2D eigenvalue weighted by Gasteiger charge is 2.41. The molecule has 0 saturated carbocycles. The maximum Gasteiger partial charge on any atom is 0.327 e. The molecule has 3 rings (SSSR count). The van der Waals surface area contributed by atoms with Crippen molar-refractivity contribution in [2.75, 3.05) is 0 Å². The molecule has 0 radical (unpaired) electrons. The Bertz CT molecular complexity index is 1040. The summed E-state index contributed by atoms with van der Waals surface area (Å²) in [7, 11) is 0. The van der Waals surface area contributed by atoms with Crippen molar-refractivity contribution in [1.29, 1.82) is 0 Å². The van der Waals surface area contributed by atoms with Crippen LogP contribution in [-0.2, 0) is 14.4 Å². The van der Waals surface area contributed by atoms with Gasteiger partial charge in [0, 0.05) is 6.08 Å². The lowest BCUT2D eigenvalue weighted by molar-refractivity contribution is -0.150. The topological polar surface area (TPSA) is 108 Å². The molecule has 1 aliphatic rings. The number of amides is 1. The minimum Gasteiger partial charge on any atom is -0.481 e. The lowest BCUT2D eigenvalue weighted by atomic mass is 10.2. The number of carbonyl (C=O) groups excluding carboxylic acids is 1. The Morgan fingerprint density at radius 3 is 2.45 bits per heavy atom. The van der Waals surface area contributed by atoms with Gasteiger partial charge in [-0.15, -0.1) is 0 Å². The molecule has 2 N–H and O–H groups in total. The Balaban J connectivity index is 1.90. The van der Waals surface area contributed by atoms with E-state index in [1.807, 2.05) is 0 Å². The van der Waals surface area contributed by atoms with Gasteiger partial charge in [0.2, 0.25) is 0 Å². The van der Waals surface area contributed by atoms with Crippen LogP contribution in [0.3, 0.4) is 0 Å². The monoisotopic (exact) mass is 471 g/mol. The molecule has 1 atom stereocenters. The molecule has 0 unspecified atom stereocenters. The molecule has 1 saturated heterocycles. The predicted molar refractivity (Wildman–Crippen MR) is 113 cm³/mol. The average Bonchev–Trinajstić information content (AvgIpc) is 3.18. The minimum atomic E-state index is -1.60. The van der Waals surface area contributed by atoms with E-state index in [1.54, 1.807) is 30.3 Å². The number of hydrogen-bond acceptors (Lipinski definition) is 6. The van der Waals surface area contributed by atoms with Gasteiger partial charge in [0.25, 0.3) is 5.91 Å². The first-order valence-corrected chi connectivity index (χ1v) is 9.93. The summed E-state index contributed by atoms with van der Waals surface area (Å²) in [6, 6.07) is 6.63. The number of furan rings is 1. The van der Waals surface area contributed by atoms with E-state index in [-0.39, 0.29) is 9.23 Å². The van der Waals surface area contributed by atoms with Gasteiger partial charge in [-0.3, -0.25) is 14.5 Å². The van der Waals surface area contributed by atoms with Crippen molar-refractivity contribution in [3.63, 3.8) is 0 Å². The Kier molecular flexibility index (Phi) is 6.33. The fraction of sp³-hybridized carbons (Fsp3) is 0.111. The van der Waals surface area contributed by atoms with Crippen molar-refractivity contribution in [3.8, 4) is 11.3 Å². The van der Waals surface area contributed by atoms with E-state index in [0.717, 1.165) is 16.7 Å². The SMILES string of the molecule is O=C(O)C[C@H](C(=O)O)N1C(=O)/C(=C/c2ccc(-c3c(Cl)cccc3Cl)o2)SC1=S. The van der Waals surface area contributed by atoms with Gasteiger partial charge in [-0.2, -0.15) is 0 Å². The smallest absolute Gasteiger partial charge is 0.327 e. The van der Waals surface area contributed by atoms with E-state index in [1.165, 1.54) is 6.08 Å². The number of carbonyl (C=O) groups is 3. The third-order valence-electron chi connectivity index (χ3n) is 3.90. The summed E-state index contributed by atoms with van der Waals surface area (Å²) in [5, 5.41) is 19.0. The van der Waals surface area contributed by atoms with Gasteiger partial charge in [0.1, 0.15) is 21.9 Å². The highest BCUT2D eigenvalue weighted by molar-refractivity contribution is 8.26. The Morgan fingerprint density at radius 1 is 1.21 bits per heavy atom. The first-order valence-electron chi connectivity index (χ1n) is 7.95. The number of thioether (sulfide) groups is 1. The largest absolute Gasteiger partial charge is 0.481 e. The number of carboxylic acids is 2. The van der Waals surface area contributed by atoms with E-state index in [2.05, 4.69) is 0 Å². The number of thiocarbonyl (C=S) groups is 1. The van der Waals surface area contributed by atoms with Gasteiger partial charge in [0.05, 0.1) is 26.9 Å². The van der Waals surface area contributed by atoms with Crippen molar-refractivity contribution < 1.29 is 29.0 Å². The molecule has 7 nitrogen and oxygen atoms in total. The van der Waals surface area contributed by atoms with E-state index in [0.29, 0.717) is 27.1 Å². The molecule has 1 aromatic carbocycles. The van der Waals surface area contributed by atoms with Crippen molar-refractivity contribution in [2.45, 2.75) is 12.5 Å². The van der Waals surface area contributed by atoms with E-state index in [9.17, 15) is 19.5 Å². The van der Waals surface area contributed by atoms with Gasteiger partial charge in [0.15, 0.2) is 0 Å². The zero-order valence-corrected chi connectivity index (χ0v) is 17.4. The molecule has 1 aromatic heterocycles. The van der Waals surface area contributed by atoms with Gasteiger partial charge >= 0.3 is 11.9 Å². The van der Waals surface area contributed by atoms with Crippen molar-refractivity contribution in [1.82, 2.24) is 4.90 Å². The number of benzene rings is 1. The summed E-state index contributed by atoms with van der Waals surface area (Å²) in [4.78, 5) is 35.9. The number of halogens is 2. The standard InChI is InChI=1S/C18H11Cl2NO6S2/c19-9-2-1-3-10(20)15(9)12-5-4-8(27-12)6-13-16(24)21(18(28)29-13)11(17(25)26)7-14(22)23/h1-6,11H,7H2,(H,22,23)(H,25,26)/b13-6-/t11-/m1/s1. The van der Waals surface area contributed by atoms with E-state index >= 15 is 0 Å². The molecule has 11 heteroatoms. The third kappa shape index (κ3) is 4.48. The first kappa shape index (κ1) is 21.4. The zero-order valence-electron chi connectivity index (χ0n) is 14.3. The van der Waals surface area contributed by atoms with Crippen LogP contribution in [0.25, 0.3) is 17.4 Å². The summed E-state index contributed by atoms with van der Waals surface area (Å²) in [5.41, 5.74) is 0.496. The summed E-state index contributed by atoms with van der Waals surface area (Å²) in [5.74, 6) is -2.85. The number of carboxylic acid groups (broad SMARTS) is 2. The molecule has 1 aliphatic heterocycles. The Hall–Kier alpha value is -2.33. The average molecular weight is 472 g/mol. The summed E-state index contributed by atoms with van der Waals surface area (Å²) in [6.45, 7) is 0. The molecule has 1 amide bonds. The second kappa shape index (κ2) is 8.58.